The van der Waals surface area contributed by atoms with Gasteiger partial charge in [-0.05, 0) is 41.4 Å². The Morgan fingerprint density at radius 2 is 2.60 bits per heavy atom. The smallest absolute Gasteiger partial charge is 0.254 e. The Balaban J connectivity index is 1.81. The molecule has 0 spiro atoms. The lowest BCUT2D eigenvalue weighted by Crippen LogP contribution is -2.29. The number of furan rings is 1. The lowest BCUT2D eigenvalue weighted by Gasteiger charge is -2.08. The molecule has 1 aliphatic heterocycles. The van der Waals surface area contributed by atoms with Crippen LogP contribution in [0.1, 0.15) is 16.8 Å². The predicted molar refractivity (Wildman–Crippen MR) is 59.7 cm³/mol. The fourth-order valence-electron chi connectivity index (χ4n) is 1.66. The van der Waals surface area contributed by atoms with Crippen molar-refractivity contribution < 1.29 is 9.21 Å². The van der Waals surface area contributed by atoms with Gasteiger partial charge in [-0.3, -0.25) is 4.79 Å². The molecule has 0 radical (unpaired) electrons. The highest BCUT2D eigenvalue weighted by molar-refractivity contribution is 9.10. The summed E-state index contributed by atoms with van der Waals surface area (Å²) >= 11 is 3.16. The molecule has 2 N–H and O–H groups in total. The van der Waals surface area contributed by atoms with Gasteiger partial charge < -0.3 is 15.1 Å². The topological polar surface area (TPSA) is 54.3 Å². The van der Waals surface area contributed by atoms with Crippen LogP contribution in [0.2, 0.25) is 0 Å². The van der Waals surface area contributed by atoms with Gasteiger partial charge in [0.05, 0.1) is 5.56 Å². The Morgan fingerprint density at radius 3 is 3.20 bits per heavy atom. The summed E-state index contributed by atoms with van der Waals surface area (Å²) in [4.78, 5) is 11.6. The van der Waals surface area contributed by atoms with Crippen LogP contribution in [0, 0.1) is 5.92 Å². The monoisotopic (exact) mass is 272 g/mol. The zero-order valence-corrected chi connectivity index (χ0v) is 9.84. The van der Waals surface area contributed by atoms with Gasteiger partial charge in [-0.1, -0.05) is 0 Å². The van der Waals surface area contributed by atoms with E-state index in [9.17, 15) is 4.79 Å². The quantitative estimate of drug-likeness (QED) is 0.874. The van der Waals surface area contributed by atoms with Gasteiger partial charge in [-0.2, -0.15) is 0 Å². The standard InChI is InChI=1S/C10H13BrN2O2/c11-9-3-8(6-15-9)10(14)13-5-7-1-2-12-4-7/h3,6-7,12H,1-2,4-5H2,(H,13,14). The molecule has 4 nitrogen and oxygen atoms in total. The first kappa shape index (κ1) is 10.7. The van der Waals surface area contributed by atoms with Crippen LogP contribution in [0.15, 0.2) is 21.4 Å². The van der Waals surface area contributed by atoms with E-state index in [1.54, 1.807) is 6.07 Å². The van der Waals surface area contributed by atoms with E-state index in [1.165, 1.54) is 6.26 Å². The van der Waals surface area contributed by atoms with Gasteiger partial charge in [-0.25, -0.2) is 0 Å². The van der Waals surface area contributed by atoms with E-state index in [1.807, 2.05) is 0 Å². The van der Waals surface area contributed by atoms with Crippen molar-refractivity contribution >= 4 is 21.8 Å². The van der Waals surface area contributed by atoms with Gasteiger partial charge in [0.2, 0.25) is 0 Å². The average molecular weight is 273 g/mol. The molecule has 0 aliphatic carbocycles. The van der Waals surface area contributed by atoms with Crippen LogP contribution >= 0.6 is 15.9 Å². The fraction of sp³-hybridized carbons (Fsp3) is 0.500. The normalized spacial score (nSPS) is 20.5. The predicted octanol–water partition coefficient (Wildman–Crippen LogP) is 1.38. The Hall–Kier alpha value is -0.810. The van der Waals surface area contributed by atoms with E-state index < -0.39 is 0 Å². The summed E-state index contributed by atoms with van der Waals surface area (Å²) in [5.74, 6) is 0.487. The van der Waals surface area contributed by atoms with Gasteiger partial charge in [0.25, 0.3) is 5.91 Å². The molecule has 1 aromatic rings. The van der Waals surface area contributed by atoms with Crippen LogP contribution in [-0.4, -0.2) is 25.5 Å². The highest BCUT2D eigenvalue weighted by Gasteiger charge is 2.16. The van der Waals surface area contributed by atoms with E-state index in [4.69, 9.17) is 4.42 Å². The maximum absolute atomic E-state index is 11.6. The van der Waals surface area contributed by atoms with Crippen molar-refractivity contribution in [3.8, 4) is 0 Å². The second-order valence-corrected chi connectivity index (χ2v) is 4.49. The minimum Gasteiger partial charge on any atom is -0.457 e. The molecule has 15 heavy (non-hydrogen) atoms. The van der Waals surface area contributed by atoms with Crippen molar-refractivity contribution in [1.29, 1.82) is 0 Å². The van der Waals surface area contributed by atoms with Crippen molar-refractivity contribution in [2.75, 3.05) is 19.6 Å². The molecule has 0 aromatic carbocycles. The number of rotatable bonds is 3. The van der Waals surface area contributed by atoms with Crippen molar-refractivity contribution in [3.63, 3.8) is 0 Å². The summed E-state index contributed by atoms with van der Waals surface area (Å²) in [7, 11) is 0. The molecule has 0 bridgehead atoms. The van der Waals surface area contributed by atoms with Crippen LogP contribution < -0.4 is 10.6 Å². The highest BCUT2D eigenvalue weighted by atomic mass is 79.9. The van der Waals surface area contributed by atoms with E-state index in [0.717, 1.165) is 26.1 Å². The van der Waals surface area contributed by atoms with E-state index in [2.05, 4.69) is 26.6 Å². The first-order valence-corrected chi connectivity index (χ1v) is 5.78. The second kappa shape index (κ2) is 4.81. The van der Waals surface area contributed by atoms with E-state index in [-0.39, 0.29) is 5.91 Å². The van der Waals surface area contributed by atoms with E-state index >= 15 is 0 Å². The Kier molecular flexibility index (Phi) is 3.43. The largest absolute Gasteiger partial charge is 0.457 e. The van der Waals surface area contributed by atoms with E-state index in [0.29, 0.717) is 16.2 Å². The molecule has 1 unspecified atom stereocenters. The summed E-state index contributed by atoms with van der Waals surface area (Å²) in [6.45, 7) is 2.78. The van der Waals surface area contributed by atoms with Crippen molar-refractivity contribution in [2.45, 2.75) is 6.42 Å². The molecule has 5 heteroatoms. The van der Waals surface area contributed by atoms with Gasteiger partial charge in [-0.15, -0.1) is 0 Å². The number of halogens is 1. The second-order valence-electron chi connectivity index (χ2n) is 3.71. The van der Waals surface area contributed by atoms with Crippen LogP contribution in [-0.2, 0) is 0 Å². The number of carbonyl (C=O) groups excluding carboxylic acids is 1. The number of carbonyl (C=O) groups is 1. The highest BCUT2D eigenvalue weighted by Crippen LogP contribution is 2.14. The first-order chi connectivity index (χ1) is 7.25. The Bertz CT molecular complexity index is 345. The molecular formula is C10H13BrN2O2. The lowest BCUT2D eigenvalue weighted by molar-refractivity contribution is 0.0947. The third-order valence-electron chi connectivity index (χ3n) is 2.54. The molecule has 1 aromatic heterocycles. The van der Waals surface area contributed by atoms with Gasteiger partial charge in [0.1, 0.15) is 6.26 Å². The zero-order valence-electron chi connectivity index (χ0n) is 8.25. The molecule has 82 valence electrons. The Morgan fingerprint density at radius 1 is 1.73 bits per heavy atom. The van der Waals surface area contributed by atoms with Crippen LogP contribution in [0.4, 0.5) is 0 Å². The maximum Gasteiger partial charge on any atom is 0.254 e. The number of hydrogen-bond acceptors (Lipinski definition) is 3. The molecule has 2 heterocycles. The molecular weight excluding hydrogens is 260 g/mol. The summed E-state index contributed by atoms with van der Waals surface area (Å²) < 4.78 is 5.58. The SMILES string of the molecule is O=C(NCC1CCNC1)c1coc(Br)c1. The van der Waals surface area contributed by atoms with Crippen LogP contribution in [0.25, 0.3) is 0 Å². The molecule has 2 rings (SSSR count). The minimum absolute atomic E-state index is 0.0728. The van der Waals surface area contributed by atoms with Crippen LogP contribution in [0.5, 0.6) is 0 Å². The summed E-state index contributed by atoms with van der Waals surface area (Å²) in [5, 5.41) is 6.16. The van der Waals surface area contributed by atoms with Crippen LogP contribution in [0.3, 0.4) is 0 Å². The summed E-state index contributed by atoms with van der Waals surface area (Å²) in [6.07, 6.45) is 2.58. The van der Waals surface area contributed by atoms with Crippen molar-refractivity contribution in [3.05, 3.63) is 22.6 Å². The molecule has 1 saturated heterocycles. The van der Waals surface area contributed by atoms with Gasteiger partial charge in [0, 0.05) is 12.6 Å². The van der Waals surface area contributed by atoms with Crippen molar-refractivity contribution in [2.24, 2.45) is 5.92 Å². The summed E-state index contributed by atoms with van der Waals surface area (Å²) in [6, 6.07) is 1.67. The number of nitrogens with one attached hydrogen (secondary N) is 2. The molecule has 1 atom stereocenters. The summed E-state index contributed by atoms with van der Waals surface area (Å²) in [5.41, 5.74) is 0.563. The van der Waals surface area contributed by atoms with Crippen molar-refractivity contribution in [1.82, 2.24) is 10.6 Å². The lowest BCUT2D eigenvalue weighted by atomic mass is 10.1. The number of amides is 1. The average Bonchev–Trinajstić information content (AvgIpc) is 2.84. The fourth-order valence-corrected chi connectivity index (χ4v) is 2.00. The number of hydrogen-bond donors (Lipinski definition) is 2. The molecule has 0 saturated carbocycles. The molecule has 1 fully saturated rings. The zero-order chi connectivity index (χ0) is 10.7. The molecule has 1 amide bonds. The van der Waals surface area contributed by atoms with Gasteiger partial charge in [0.15, 0.2) is 4.67 Å². The minimum atomic E-state index is -0.0728. The third-order valence-corrected chi connectivity index (χ3v) is 2.96. The first-order valence-electron chi connectivity index (χ1n) is 4.98. The molecule has 1 aliphatic rings. The Labute approximate surface area is 96.5 Å². The van der Waals surface area contributed by atoms with Gasteiger partial charge >= 0.3 is 0 Å². The third kappa shape index (κ3) is 2.82. The maximum atomic E-state index is 11.6.